The minimum Gasteiger partial charge on any atom is -0.396 e. The Morgan fingerprint density at radius 3 is 2.64 bits per heavy atom. The van der Waals surface area contributed by atoms with Gasteiger partial charge < -0.3 is 10.4 Å². The maximum atomic E-state index is 11.1. The van der Waals surface area contributed by atoms with Crippen LogP contribution in [0.4, 0.5) is 0 Å². The fraction of sp³-hybridized carbons (Fsp3) is 0.778. The summed E-state index contributed by atoms with van der Waals surface area (Å²) in [6.07, 6.45) is 0.195. The molecule has 1 unspecified atom stereocenters. The molecule has 1 fully saturated rings. The monoisotopic (exact) mass is 200 g/mol. The Kier molecular flexibility index (Phi) is 3.23. The van der Waals surface area contributed by atoms with Gasteiger partial charge in [0.1, 0.15) is 0 Å². The minimum atomic E-state index is -0.437. The summed E-state index contributed by atoms with van der Waals surface area (Å²) in [4.78, 5) is 22.0. The highest BCUT2D eigenvalue weighted by atomic mass is 16.3. The predicted octanol–water partition coefficient (Wildman–Crippen LogP) is -0.990. The van der Waals surface area contributed by atoms with Gasteiger partial charge in [0, 0.05) is 18.6 Å². The van der Waals surface area contributed by atoms with Gasteiger partial charge in [-0.1, -0.05) is 13.8 Å². The standard InChI is InChI=1S/C9H16N2O3/c1-9(2,5-12)4-10-6-3-7(13)11-8(6)14/h6,10,12H,3-5H2,1-2H3,(H,11,13,14). The smallest absolute Gasteiger partial charge is 0.244 e. The number of nitrogens with one attached hydrogen (secondary N) is 2. The van der Waals surface area contributed by atoms with Crippen molar-refractivity contribution >= 4 is 11.8 Å². The number of aliphatic hydroxyl groups is 1. The van der Waals surface area contributed by atoms with Crippen LogP contribution < -0.4 is 10.6 Å². The van der Waals surface area contributed by atoms with Crippen molar-refractivity contribution in [3.63, 3.8) is 0 Å². The molecule has 5 heteroatoms. The van der Waals surface area contributed by atoms with Crippen LogP contribution >= 0.6 is 0 Å². The SMILES string of the molecule is CC(C)(CO)CNC1CC(=O)NC1=O. The van der Waals surface area contributed by atoms with E-state index in [4.69, 9.17) is 5.11 Å². The molecule has 0 aromatic rings. The summed E-state index contributed by atoms with van der Waals surface area (Å²) >= 11 is 0. The van der Waals surface area contributed by atoms with Crippen LogP contribution in [0.5, 0.6) is 0 Å². The Hall–Kier alpha value is -0.940. The third-order valence-electron chi connectivity index (χ3n) is 2.22. The summed E-state index contributed by atoms with van der Waals surface area (Å²) in [7, 11) is 0. The van der Waals surface area contributed by atoms with Gasteiger partial charge in [0.2, 0.25) is 11.8 Å². The Morgan fingerprint density at radius 2 is 2.21 bits per heavy atom. The predicted molar refractivity (Wildman–Crippen MR) is 50.4 cm³/mol. The van der Waals surface area contributed by atoms with E-state index >= 15 is 0 Å². The molecule has 3 N–H and O–H groups in total. The molecule has 0 aromatic carbocycles. The fourth-order valence-electron chi connectivity index (χ4n) is 1.17. The third kappa shape index (κ3) is 2.78. The molecule has 2 amide bonds. The second-order valence-corrected chi connectivity index (χ2v) is 4.37. The van der Waals surface area contributed by atoms with Crippen LogP contribution in [0.25, 0.3) is 0 Å². The lowest BCUT2D eigenvalue weighted by Crippen LogP contribution is -2.42. The highest BCUT2D eigenvalue weighted by Crippen LogP contribution is 2.12. The zero-order valence-electron chi connectivity index (χ0n) is 8.46. The maximum Gasteiger partial charge on any atom is 0.244 e. The summed E-state index contributed by atoms with van der Waals surface area (Å²) in [5, 5.41) is 14.2. The largest absolute Gasteiger partial charge is 0.396 e. The maximum absolute atomic E-state index is 11.1. The van der Waals surface area contributed by atoms with Crippen LogP contribution in [0, 0.1) is 5.41 Å². The summed E-state index contributed by atoms with van der Waals surface area (Å²) in [6.45, 7) is 4.32. The summed E-state index contributed by atoms with van der Waals surface area (Å²) < 4.78 is 0. The van der Waals surface area contributed by atoms with Gasteiger partial charge in [0.05, 0.1) is 12.5 Å². The molecule has 0 bridgehead atoms. The molecule has 14 heavy (non-hydrogen) atoms. The summed E-state index contributed by atoms with van der Waals surface area (Å²) in [6, 6.07) is -0.437. The highest BCUT2D eigenvalue weighted by molar-refractivity contribution is 6.05. The molecule has 5 nitrogen and oxygen atoms in total. The molecular formula is C9H16N2O3. The molecular weight excluding hydrogens is 184 g/mol. The Bertz CT molecular complexity index is 250. The molecule has 0 saturated carbocycles. The molecule has 0 aliphatic carbocycles. The van der Waals surface area contributed by atoms with E-state index in [1.807, 2.05) is 13.8 Å². The second kappa shape index (κ2) is 4.06. The van der Waals surface area contributed by atoms with Gasteiger partial charge in [-0.15, -0.1) is 0 Å². The quantitative estimate of drug-likeness (QED) is 0.509. The molecule has 80 valence electrons. The van der Waals surface area contributed by atoms with Crippen molar-refractivity contribution in [2.24, 2.45) is 5.41 Å². The fourth-order valence-corrected chi connectivity index (χ4v) is 1.17. The number of hydrogen-bond donors (Lipinski definition) is 3. The van der Waals surface area contributed by atoms with Crippen molar-refractivity contribution in [3.05, 3.63) is 0 Å². The van der Waals surface area contributed by atoms with Gasteiger partial charge in [0.15, 0.2) is 0 Å². The highest BCUT2D eigenvalue weighted by Gasteiger charge is 2.31. The first kappa shape index (κ1) is 11.1. The molecule has 1 aliphatic heterocycles. The second-order valence-electron chi connectivity index (χ2n) is 4.37. The lowest BCUT2D eigenvalue weighted by Gasteiger charge is -2.23. The summed E-state index contributed by atoms with van der Waals surface area (Å²) in [5.41, 5.74) is -0.272. The molecule has 1 rings (SSSR count). The molecule has 0 radical (unpaired) electrons. The molecule has 1 atom stereocenters. The van der Waals surface area contributed by atoms with Crippen LogP contribution in [0.2, 0.25) is 0 Å². The molecule has 1 heterocycles. The van der Waals surface area contributed by atoms with E-state index in [9.17, 15) is 9.59 Å². The van der Waals surface area contributed by atoms with Crippen molar-refractivity contribution < 1.29 is 14.7 Å². The van der Waals surface area contributed by atoms with E-state index in [-0.39, 0.29) is 30.3 Å². The number of carbonyl (C=O) groups is 2. The number of carbonyl (C=O) groups excluding carboxylic acids is 2. The van der Waals surface area contributed by atoms with Gasteiger partial charge >= 0.3 is 0 Å². The molecule has 0 spiro atoms. The zero-order chi connectivity index (χ0) is 10.8. The first-order valence-corrected chi connectivity index (χ1v) is 4.62. The van der Waals surface area contributed by atoms with E-state index < -0.39 is 6.04 Å². The topological polar surface area (TPSA) is 78.4 Å². The van der Waals surface area contributed by atoms with Crippen molar-refractivity contribution in [2.45, 2.75) is 26.3 Å². The van der Waals surface area contributed by atoms with Crippen molar-refractivity contribution in [1.82, 2.24) is 10.6 Å². The van der Waals surface area contributed by atoms with Crippen LogP contribution in [0.3, 0.4) is 0 Å². The lowest BCUT2D eigenvalue weighted by atomic mass is 9.94. The Labute approximate surface area is 82.9 Å². The van der Waals surface area contributed by atoms with Gasteiger partial charge in [-0.25, -0.2) is 0 Å². The average Bonchev–Trinajstić information content (AvgIpc) is 2.42. The molecule has 1 saturated heterocycles. The normalized spacial score (nSPS) is 22.6. The van der Waals surface area contributed by atoms with Crippen molar-refractivity contribution in [1.29, 1.82) is 0 Å². The zero-order valence-corrected chi connectivity index (χ0v) is 8.46. The number of aliphatic hydroxyl groups excluding tert-OH is 1. The van der Waals surface area contributed by atoms with Crippen molar-refractivity contribution in [2.75, 3.05) is 13.2 Å². The average molecular weight is 200 g/mol. The van der Waals surface area contributed by atoms with Crippen LogP contribution in [-0.2, 0) is 9.59 Å². The van der Waals surface area contributed by atoms with Gasteiger partial charge in [0.25, 0.3) is 0 Å². The van der Waals surface area contributed by atoms with E-state index in [2.05, 4.69) is 10.6 Å². The molecule has 0 aromatic heterocycles. The Morgan fingerprint density at radius 1 is 1.57 bits per heavy atom. The lowest BCUT2D eigenvalue weighted by molar-refractivity contribution is -0.125. The number of imide groups is 1. The van der Waals surface area contributed by atoms with Crippen LogP contribution in [0.15, 0.2) is 0 Å². The van der Waals surface area contributed by atoms with E-state index in [0.717, 1.165) is 0 Å². The summed E-state index contributed by atoms with van der Waals surface area (Å²) in [5.74, 6) is -0.516. The Balaban J connectivity index is 2.39. The van der Waals surface area contributed by atoms with Crippen LogP contribution in [0.1, 0.15) is 20.3 Å². The number of hydrogen-bond acceptors (Lipinski definition) is 4. The first-order valence-electron chi connectivity index (χ1n) is 4.62. The minimum absolute atomic E-state index is 0.0439. The van der Waals surface area contributed by atoms with Gasteiger partial charge in [-0.3, -0.25) is 14.9 Å². The number of rotatable bonds is 4. The van der Waals surface area contributed by atoms with Gasteiger partial charge in [-0.05, 0) is 0 Å². The van der Waals surface area contributed by atoms with E-state index in [1.54, 1.807) is 0 Å². The van der Waals surface area contributed by atoms with Gasteiger partial charge in [-0.2, -0.15) is 0 Å². The van der Waals surface area contributed by atoms with Crippen LogP contribution in [-0.4, -0.2) is 36.1 Å². The van der Waals surface area contributed by atoms with E-state index in [0.29, 0.717) is 6.54 Å². The third-order valence-corrected chi connectivity index (χ3v) is 2.22. The molecule has 1 aliphatic rings. The number of amides is 2. The van der Waals surface area contributed by atoms with Crippen molar-refractivity contribution in [3.8, 4) is 0 Å². The first-order chi connectivity index (χ1) is 6.44. The van der Waals surface area contributed by atoms with E-state index in [1.165, 1.54) is 0 Å².